The molecule has 0 aliphatic carbocycles. The van der Waals surface area contributed by atoms with Gasteiger partial charge in [0.05, 0.1) is 17.3 Å². The van der Waals surface area contributed by atoms with Crippen LogP contribution in [0.4, 0.5) is 0 Å². The second-order valence-electron chi connectivity index (χ2n) is 3.03. The van der Waals surface area contributed by atoms with Gasteiger partial charge in [-0.05, 0) is 12.1 Å². The Bertz CT molecular complexity index is 657. The largest absolute Gasteiger partial charge is 0.397 e. The van der Waals surface area contributed by atoms with Crippen molar-refractivity contribution in [3.05, 3.63) is 29.1 Å². The lowest BCUT2D eigenvalue weighted by atomic mass is 10.3. The van der Waals surface area contributed by atoms with E-state index in [1.54, 1.807) is 0 Å². The zero-order valence-corrected chi connectivity index (χ0v) is 10.9. The van der Waals surface area contributed by atoms with Crippen LogP contribution in [0.15, 0.2) is 24.3 Å². The van der Waals surface area contributed by atoms with Gasteiger partial charge in [-0.15, -0.1) is 0 Å². The van der Waals surface area contributed by atoms with Gasteiger partial charge < -0.3 is 4.57 Å². The Morgan fingerprint density at radius 1 is 1.41 bits per heavy atom. The van der Waals surface area contributed by atoms with Crippen LogP contribution in [0, 0.1) is 5.41 Å². The molecule has 6 nitrogen and oxygen atoms in total. The predicted molar refractivity (Wildman–Crippen MR) is 65.2 cm³/mol. The van der Waals surface area contributed by atoms with Crippen LogP contribution in [-0.2, 0) is 21.6 Å². The molecular weight excluding hydrogens is 264 g/mol. The normalized spacial score (nSPS) is 11.0. The van der Waals surface area contributed by atoms with Gasteiger partial charge in [-0.25, -0.2) is 0 Å². The summed E-state index contributed by atoms with van der Waals surface area (Å²) in [5.41, 5.74) is 1.14. The molecule has 0 fully saturated rings. The summed E-state index contributed by atoms with van der Waals surface area (Å²) in [4.78, 5) is 0.603. The highest BCUT2D eigenvalue weighted by molar-refractivity contribution is 7.80. The number of rotatable bonds is 1. The van der Waals surface area contributed by atoms with Crippen LogP contribution in [0.3, 0.4) is 0 Å². The lowest BCUT2D eigenvalue weighted by Crippen LogP contribution is -2.06. The van der Waals surface area contributed by atoms with Crippen LogP contribution in [0.2, 0.25) is 0 Å². The minimum Gasteiger partial charge on any atom is -0.320 e. The molecule has 0 saturated heterocycles. The molecule has 1 aromatic heterocycles. The Hall–Kier alpha value is -1.22. The molecule has 0 aliphatic heterocycles. The van der Waals surface area contributed by atoms with Crippen molar-refractivity contribution in [3.8, 4) is 0 Å². The zero-order chi connectivity index (χ0) is 13.1. The summed E-state index contributed by atoms with van der Waals surface area (Å²) in [5, 5.41) is 7.53. The molecule has 0 atom stereocenters. The van der Waals surface area contributed by atoms with Gasteiger partial charge in [0, 0.05) is 7.05 Å². The number of hydrogen-bond acceptors (Lipinski definition) is 5. The highest BCUT2D eigenvalue weighted by Crippen LogP contribution is 2.14. The third kappa shape index (κ3) is 3.93. The first-order chi connectivity index (χ1) is 7.85. The van der Waals surface area contributed by atoms with Crippen molar-refractivity contribution in [3.63, 3.8) is 0 Å². The summed E-state index contributed by atoms with van der Waals surface area (Å²) in [5.74, 6) is 0. The number of aromatic nitrogens is 1. The maximum Gasteiger partial charge on any atom is 0.397 e. The molecule has 17 heavy (non-hydrogen) atoms. The van der Waals surface area contributed by atoms with Crippen LogP contribution in [0.25, 0.3) is 10.2 Å². The Morgan fingerprint density at radius 3 is 2.41 bits per heavy atom. The molecule has 0 spiro atoms. The molecule has 0 saturated carbocycles. The SMILES string of the molecule is COS(=O)(=O)O.Cn1c(=N)sc2ccccc21. The number of nitrogens with zero attached hydrogens (tertiary/aromatic N) is 1. The van der Waals surface area contributed by atoms with Crippen LogP contribution in [-0.4, -0.2) is 24.6 Å². The summed E-state index contributed by atoms with van der Waals surface area (Å²) in [6.45, 7) is 0. The van der Waals surface area contributed by atoms with Crippen molar-refractivity contribution in [2.45, 2.75) is 0 Å². The van der Waals surface area contributed by atoms with E-state index in [1.165, 1.54) is 16.0 Å². The first kappa shape index (κ1) is 13.8. The fourth-order valence-electron chi connectivity index (χ4n) is 1.10. The fraction of sp³-hybridized carbons (Fsp3) is 0.222. The second kappa shape index (κ2) is 5.41. The van der Waals surface area contributed by atoms with E-state index in [4.69, 9.17) is 9.96 Å². The van der Waals surface area contributed by atoms with Crippen LogP contribution in [0.5, 0.6) is 0 Å². The van der Waals surface area contributed by atoms with Gasteiger partial charge in [0.15, 0.2) is 4.80 Å². The summed E-state index contributed by atoms with van der Waals surface area (Å²) >= 11 is 1.51. The molecule has 2 aromatic rings. The quantitative estimate of drug-likeness (QED) is 0.764. The molecule has 0 unspecified atom stereocenters. The standard InChI is InChI=1S/C8H8N2S.CH4O4S/c1-10-6-4-2-3-5-7(6)11-8(10)9;1-5-6(2,3)4/h2-5,9H,1H3;1H3,(H,2,3,4). The van der Waals surface area contributed by atoms with Gasteiger partial charge >= 0.3 is 10.4 Å². The van der Waals surface area contributed by atoms with Crippen LogP contribution < -0.4 is 4.80 Å². The summed E-state index contributed by atoms with van der Waals surface area (Å²) in [6.07, 6.45) is 0. The lowest BCUT2D eigenvalue weighted by Gasteiger charge is -1.91. The van der Waals surface area contributed by atoms with Gasteiger partial charge in [-0.1, -0.05) is 23.5 Å². The number of thiazole rings is 1. The molecule has 0 amide bonds. The monoisotopic (exact) mass is 276 g/mol. The minimum absolute atomic E-state index is 0.603. The Balaban J connectivity index is 0.000000209. The molecule has 8 heteroatoms. The molecule has 0 aliphatic rings. The van der Waals surface area contributed by atoms with Crippen molar-refractivity contribution in [1.29, 1.82) is 5.41 Å². The Kier molecular flexibility index (Phi) is 4.40. The van der Waals surface area contributed by atoms with E-state index in [9.17, 15) is 8.42 Å². The van der Waals surface area contributed by atoms with E-state index in [2.05, 4.69) is 4.18 Å². The highest BCUT2D eigenvalue weighted by atomic mass is 32.3. The summed E-state index contributed by atoms with van der Waals surface area (Å²) < 4.78 is 32.8. The van der Waals surface area contributed by atoms with Gasteiger partial charge in [-0.2, -0.15) is 8.42 Å². The van der Waals surface area contributed by atoms with E-state index in [-0.39, 0.29) is 0 Å². The number of para-hydroxylation sites is 1. The highest BCUT2D eigenvalue weighted by Gasteiger charge is 1.97. The zero-order valence-electron chi connectivity index (χ0n) is 9.25. The molecule has 94 valence electrons. The first-order valence-electron chi connectivity index (χ1n) is 4.47. The number of benzene rings is 1. The Morgan fingerprint density at radius 2 is 1.94 bits per heavy atom. The van der Waals surface area contributed by atoms with E-state index < -0.39 is 10.4 Å². The molecule has 1 aromatic carbocycles. The number of aryl methyl sites for hydroxylation is 1. The average molecular weight is 276 g/mol. The van der Waals surface area contributed by atoms with Gasteiger partial charge in [0.25, 0.3) is 0 Å². The summed E-state index contributed by atoms with van der Waals surface area (Å²) in [6, 6.07) is 8.06. The molecule has 0 radical (unpaired) electrons. The van der Waals surface area contributed by atoms with Crippen molar-refractivity contribution < 1.29 is 17.2 Å². The minimum atomic E-state index is -4.16. The topological polar surface area (TPSA) is 92.4 Å². The van der Waals surface area contributed by atoms with Crippen LogP contribution >= 0.6 is 11.3 Å². The van der Waals surface area contributed by atoms with Gasteiger partial charge in [0.2, 0.25) is 0 Å². The third-order valence-electron chi connectivity index (χ3n) is 1.95. The number of fused-ring (bicyclic) bond motifs is 1. The first-order valence-corrected chi connectivity index (χ1v) is 6.65. The van der Waals surface area contributed by atoms with Crippen molar-refractivity contribution in [2.24, 2.45) is 7.05 Å². The smallest absolute Gasteiger partial charge is 0.320 e. The van der Waals surface area contributed by atoms with Crippen LogP contribution in [0.1, 0.15) is 0 Å². The second-order valence-corrected chi connectivity index (χ2v) is 5.25. The molecule has 2 N–H and O–H groups in total. The van der Waals surface area contributed by atoms with E-state index in [1.807, 2.05) is 35.9 Å². The van der Waals surface area contributed by atoms with Crippen molar-refractivity contribution in [2.75, 3.05) is 7.11 Å². The maximum absolute atomic E-state index is 9.33. The van der Waals surface area contributed by atoms with E-state index >= 15 is 0 Å². The predicted octanol–water partition coefficient (Wildman–Crippen LogP) is 1.15. The summed E-state index contributed by atoms with van der Waals surface area (Å²) in [7, 11) is -1.37. The fourth-order valence-corrected chi connectivity index (χ4v) is 2.00. The number of hydrogen-bond donors (Lipinski definition) is 2. The Labute approximate surface area is 103 Å². The third-order valence-corrected chi connectivity index (χ3v) is 3.40. The van der Waals surface area contributed by atoms with Crippen molar-refractivity contribution in [1.82, 2.24) is 4.57 Å². The van der Waals surface area contributed by atoms with Gasteiger partial charge in [0.1, 0.15) is 0 Å². The molecule has 0 bridgehead atoms. The van der Waals surface area contributed by atoms with Gasteiger partial charge in [-0.3, -0.25) is 14.1 Å². The van der Waals surface area contributed by atoms with Crippen molar-refractivity contribution >= 4 is 32.0 Å². The lowest BCUT2D eigenvalue weighted by molar-refractivity contribution is 0.324. The number of nitrogens with one attached hydrogen (secondary N) is 1. The average Bonchev–Trinajstić information content (AvgIpc) is 2.56. The van der Waals surface area contributed by atoms with E-state index in [0.29, 0.717) is 4.80 Å². The molecular formula is C9H12N2O4S2. The maximum atomic E-state index is 9.33. The molecule has 1 heterocycles. The van der Waals surface area contributed by atoms with E-state index in [0.717, 1.165) is 12.6 Å². The molecule has 2 rings (SSSR count).